The van der Waals surface area contributed by atoms with Gasteiger partial charge < -0.3 is 0 Å². The summed E-state index contributed by atoms with van der Waals surface area (Å²) in [4.78, 5) is 5.78. The van der Waals surface area contributed by atoms with Crippen LogP contribution in [-0.2, 0) is 6.18 Å². The summed E-state index contributed by atoms with van der Waals surface area (Å²) in [6, 6.07) is 19.1. The number of aryl methyl sites for hydroxylation is 3. The third kappa shape index (κ3) is 5.86. The van der Waals surface area contributed by atoms with E-state index in [4.69, 9.17) is 4.99 Å². The summed E-state index contributed by atoms with van der Waals surface area (Å²) < 4.78 is 38.8. The van der Waals surface area contributed by atoms with Crippen molar-refractivity contribution in [3.8, 4) is 0 Å². The highest BCUT2D eigenvalue weighted by Gasteiger charge is 2.30. The molecule has 0 saturated heterocycles. The number of halogens is 3. The number of nitrogens with zero attached hydrogens (tertiary/aromatic N) is 1. The predicted octanol–water partition coefficient (Wildman–Crippen LogP) is 8.06. The Labute approximate surface area is 179 Å². The molecule has 0 aliphatic rings. The molecule has 0 heterocycles. The Morgan fingerprint density at radius 2 is 1.50 bits per heavy atom. The SMILES string of the molecule is Cc1ccc(SC=CC(=Nc2ccc(C)c(C)c2)c2ccc(C(F)(F)F)cc2)cc1. The van der Waals surface area contributed by atoms with Crippen molar-refractivity contribution >= 4 is 23.2 Å². The normalized spacial score (nSPS) is 12.5. The van der Waals surface area contributed by atoms with Gasteiger partial charge in [-0.2, -0.15) is 13.2 Å². The molecule has 0 amide bonds. The van der Waals surface area contributed by atoms with Crippen LogP contribution in [0.25, 0.3) is 0 Å². The lowest BCUT2D eigenvalue weighted by atomic mass is 10.1. The number of aliphatic imine (C=N–C) groups is 1. The third-order valence-electron chi connectivity index (χ3n) is 4.70. The highest BCUT2D eigenvalue weighted by molar-refractivity contribution is 8.02. The summed E-state index contributed by atoms with van der Waals surface area (Å²) in [5.74, 6) is 0. The molecule has 0 aromatic heterocycles. The summed E-state index contributed by atoms with van der Waals surface area (Å²) in [7, 11) is 0. The van der Waals surface area contributed by atoms with Crippen LogP contribution in [0.4, 0.5) is 18.9 Å². The zero-order valence-electron chi connectivity index (χ0n) is 17.0. The molecule has 1 nitrogen and oxygen atoms in total. The fraction of sp³-hybridized carbons (Fsp3) is 0.160. The zero-order valence-corrected chi connectivity index (χ0v) is 17.8. The lowest BCUT2D eigenvalue weighted by Gasteiger charge is -2.09. The van der Waals surface area contributed by atoms with Gasteiger partial charge in [0.1, 0.15) is 0 Å². The highest BCUT2D eigenvalue weighted by Crippen LogP contribution is 2.30. The molecule has 5 heteroatoms. The molecular formula is C25H22F3NS. The molecule has 0 N–H and O–H groups in total. The Balaban J connectivity index is 1.93. The average Bonchev–Trinajstić information content (AvgIpc) is 2.71. The van der Waals surface area contributed by atoms with E-state index in [9.17, 15) is 13.2 Å². The molecule has 3 aromatic rings. The minimum atomic E-state index is -4.36. The number of alkyl halides is 3. The maximum Gasteiger partial charge on any atom is 0.416 e. The zero-order chi connectivity index (χ0) is 21.7. The maximum atomic E-state index is 12.9. The van der Waals surface area contributed by atoms with E-state index >= 15 is 0 Å². The Morgan fingerprint density at radius 3 is 2.10 bits per heavy atom. The first kappa shape index (κ1) is 21.9. The minimum Gasteiger partial charge on any atom is -0.248 e. The van der Waals surface area contributed by atoms with Crippen LogP contribution in [0.1, 0.15) is 27.8 Å². The van der Waals surface area contributed by atoms with Crippen LogP contribution in [-0.4, -0.2) is 5.71 Å². The number of allylic oxidation sites excluding steroid dienone is 1. The van der Waals surface area contributed by atoms with Crippen molar-refractivity contribution in [2.45, 2.75) is 31.8 Å². The van der Waals surface area contributed by atoms with Gasteiger partial charge in [0.05, 0.1) is 17.0 Å². The van der Waals surface area contributed by atoms with Crippen molar-refractivity contribution in [3.63, 3.8) is 0 Å². The molecule has 0 atom stereocenters. The molecule has 0 aliphatic carbocycles. The van der Waals surface area contributed by atoms with Crippen molar-refractivity contribution in [3.05, 3.63) is 106 Å². The third-order valence-corrected chi connectivity index (χ3v) is 5.52. The lowest BCUT2D eigenvalue weighted by molar-refractivity contribution is -0.137. The van der Waals surface area contributed by atoms with Crippen molar-refractivity contribution < 1.29 is 13.2 Å². The number of benzene rings is 3. The Kier molecular flexibility index (Phi) is 6.83. The van der Waals surface area contributed by atoms with Crippen LogP contribution in [0.15, 0.2) is 88.1 Å². The Morgan fingerprint density at radius 1 is 0.833 bits per heavy atom. The van der Waals surface area contributed by atoms with E-state index < -0.39 is 11.7 Å². The van der Waals surface area contributed by atoms with Gasteiger partial charge in [0, 0.05) is 10.5 Å². The van der Waals surface area contributed by atoms with Crippen molar-refractivity contribution in [1.82, 2.24) is 0 Å². The van der Waals surface area contributed by atoms with E-state index in [0.717, 1.165) is 33.8 Å². The number of thioether (sulfide) groups is 1. The van der Waals surface area contributed by atoms with E-state index in [0.29, 0.717) is 11.3 Å². The highest BCUT2D eigenvalue weighted by atomic mass is 32.2. The van der Waals surface area contributed by atoms with Gasteiger partial charge in [0.15, 0.2) is 0 Å². The number of rotatable bonds is 5. The van der Waals surface area contributed by atoms with E-state index in [1.807, 2.05) is 74.7 Å². The van der Waals surface area contributed by atoms with Crippen LogP contribution >= 0.6 is 11.8 Å². The minimum absolute atomic E-state index is 0.603. The standard InChI is InChI=1S/C25H22F3NS/c1-17-4-12-23(13-5-17)30-15-14-24(29-22-11-6-18(2)19(3)16-22)20-7-9-21(10-8-20)25(26,27)28/h4-16H,1-3H3. The molecule has 0 spiro atoms. The van der Waals surface area contributed by atoms with Crippen molar-refractivity contribution in [1.29, 1.82) is 0 Å². The molecule has 0 unspecified atom stereocenters. The monoisotopic (exact) mass is 425 g/mol. The summed E-state index contributed by atoms with van der Waals surface area (Å²) in [6.45, 7) is 6.07. The summed E-state index contributed by atoms with van der Waals surface area (Å²) in [5, 5.41) is 1.90. The van der Waals surface area contributed by atoms with Gasteiger partial charge in [-0.25, -0.2) is 4.99 Å². The average molecular weight is 426 g/mol. The molecule has 3 rings (SSSR count). The van der Waals surface area contributed by atoms with E-state index in [1.165, 1.54) is 29.5 Å². The molecule has 0 radical (unpaired) electrons. The largest absolute Gasteiger partial charge is 0.416 e. The first-order valence-corrected chi connectivity index (χ1v) is 10.3. The molecule has 0 bridgehead atoms. The van der Waals surface area contributed by atoms with Gasteiger partial charge >= 0.3 is 6.18 Å². The molecule has 154 valence electrons. The van der Waals surface area contributed by atoms with Crippen LogP contribution < -0.4 is 0 Å². The molecule has 3 aromatic carbocycles. The fourth-order valence-corrected chi connectivity index (χ4v) is 3.40. The van der Waals surface area contributed by atoms with Gasteiger partial charge in [0.25, 0.3) is 0 Å². The van der Waals surface area contributed by atoms with Crippen LogP contribution in [0, 0.1) is 20.8 Å². The second-order valence-corrected chi connectivity index (χ2v) is 8.05. The van der Waals surface area contributed by atoms with E-state index in [-0.39, 0.29) is 0 Å². The fourth-order valence-electron chi connectivity index (χ4n) is 2.76. The van der Waals surface area contributed by atoms with Crippen LogP contribution in [0.2, 0.25) is 0 Å². The maximum absolute atomic E-state index is 12.9. The Bertz CT molecular complexity index is 1060. The van der Waals surface area contributed by atoms with Gasteiger partial charge in [-0.15, -0.1) is 0 Å². The quantitative estimate of drug-likeness (QED) is 0.297. The molecule has 30 heavy (non-hydrogen) atoms. The second kappa shape index (κ2) is 9.35. The van der Waals surface area contributed by atoms with Gasteiger partial charge in [0.2, 0.25) is 0 Å². The van der Waals surface area contributed by atoms with Crippen LogP contribution in [0.5, 0.6) is 0 Å². The topological polar surface area (TPSA) is 12.4 Å². The van der Waals surface area contributed by atoms with E-state index in [1.54, 1.807) is 0 Å². The van der Waals surface area contributed by atoms with Gasteiger partial charge in [-0.05, 0) is 79.8 Å². The molecular weight excluding hydrogens is 403 g/mol. The van der Waals surface area contributed by atoms with Gasteiger partial charge in [-0.1, -0.05) is 47.7 Å². The number of hydrogen-bond acceptors (Lipinski definition) is 2. The van der Waals surface area contributed by atoms with Crippen molar-refractivity contribution in [2.75, 3.05) is 0 Å². The second-order valence-electron chi connectivity index (χ2n) is 7.07. The predicted molar refractivity (Wildman–Crippen MR) is 120 cm³/mol. The first-order valence-electron chi connectivity index (χ1n) is 9.46. The smallest absolute Gasteiger partial charge is 0.248 e. The van der Waals surface area contributed by atoms with Gasteiger partial charge in [-0.3, -0.25) is 0 Å². The van der Waals surface area contributed by atoms with E-state index in [2.05, 4.69) is 0 Å². The summed E-state index contributed by atoms with van der Waals surface area (Å²) >= 11 is 1.53. The lowest BCUT2D eigenvalue weighted by Crippen LogP contribution is -2.05. The molecule has 0 aliphatic heterocycles. The summed E-state index contributed by atoms with van der Waals surface area (Å²) in [6.07, 6.45) is -2.52. The van der Waals surface area contributed by atoms with Crippen LogP contribution in [0.3, 0.4) is 0 Å². The first-order chi connectivity index (χ1) is 14.2. The molecule has 0 saturated carbocycles. The molecule has 0 fully saturated rings. The number of hydrogen-bond donors (Lipinski definition) is 0. The summed E-state index contributed by atoms with van der Waals surface area (Å²) in [5.41, 5.74) is 4.78. The Hall–Kier alpha value is -2.79. The van der Waals surface area contributed by atoms with Crippen molar-refractivity contribution in [2.24, 2.45) is 4.99 Å².